The average molecular weight is 345 g/mol. The van der Waals surface area contributed by atoms with E-state index in [1.807, 2.05) is 35.2 Å². The standard InChI is InChI=1S/C19H23NO5/c21-16(19-11-18(12-19,13-25-19)17(22)23)20-7-6-15(8-20)10-24-9-14-4-2-1-3-5-14/h1-5,15H,6-13H2,(H,22,23). The molecule has 25 heavy (non-hydrogen) atoms. The van der Waals surface area contributed by atoms with Gasteiger partial charge in [0.15, 0.2) is 0 Å². The lowest BCUT2D eigenvalue weighted by atomic mass is 9.62. The van der Waals surface area contributed by atoms with Gasteiger partial charge in [-0.3, -0.25) is 9.59 Å². The Morgan fingerprint density at radius 3 is 2.72 bits per heavy atom. The molecule has 3 aliphatic heterocycles. The van der Waals surface area contributed by atoms with Crippen molar-refractivity contribution in [2.75, 3.05) is 26.3 Å². The minimum Gasteiger partial charge on any atom is -0.481 e. The summed E-state index contributed by atoms with van der Waals surface area (Å²) < 4.78 is 11.4. The lowest BCUT2D eigenvalue weighted by Crippen LogP contribution is -2.57. The molecule has 6 nitrogen and oxygen atoms in total. The molecule has 3 saturated heterocycles. The van der Waals surface area contributed by atoms with Crippen LogP contribution in [0.4, 0.5) is 0 Å². The lowest BCUT2D eigenvalue weighted by Gasteiger charge is -2.42. The third kappa shape index (κ3) is 2.83. The smallest absolute Gasteiger partial charge is 0.312 e. The second-order valence-electron chi connectivity index (χ2n) is 7.63. The van der Waals surface area contributed by atoms with Crippen molar-refractivity contribution >= 4 is 11.9 Å². The maximum absolute atomic E-state index is 12.8. The number of likely N-dealkylation sites (tertiary alicyclic amines) is 1. The number of hydrogen-bond acceptors (Lipinski definition) is 4. The molecule has 2 bridgehead atoms. The van der Waals surface area contributed by atoms with Crippen molar-refractivity contribution in [3.05, 3.63) is 35.9 Å². The molecular formula is C19H23NO5. The second-order valence-corrected chi connectivity index (χ2v) is 7.63. The molecule has 134 valence electrons. The molecule has 6 heteroatoms. The van der Waals surface area contributed by atoms with Crippen LogP contribution in [0.1, 0.15) is 24.8 Å². The van der Waals surface area contributed by atoms with Gasteiger partial charge in [0.1, 0.15) is 5.60 Å². The third-order valence-corrected chi connectivity index (χ3v) is 5.75. The van der Waals surface area contributed by atoms with Crippen LogP contribution >= 0.6 is 0 Å². The van der Waals surface area contributed by atoms with E-state index in [0.29, 0.717) is 45.1 Å². The summed E-state index contributed by atoms with van der Waals surface area (Å²) in [7, 11) is 0. The Morgan fingerprint density at radius 2 is 2.04 bits per heavy atom. The molecule has 1 aromatic carbocycles. The summed E-state index contributed by atoms with van der Waals surface area (Å²) in [5, 5.41) is 9.28. The number of benzene rings is 1. The van der Waals surface area contributed by atoms with Crippen molar-refractivity contribution in [1.29, 1.82) is 0 Å². The molecule has 1 saturated carbocycles. The predicted molar refractivity (Wildman–Crippen MR) is 88.8 cm³/mol. The van der Waals surface area contributed by atoms with Crippen molar-refractivity contribution in [2.24, 2.45) is 11.3 Å². The van der Waals surface area contributed by atoms with Gasteiger partial charge < -0.3 is 19.5 Å². The van der Waals surface area contributed by atoms with E-state index in [9.17, 15) is 14.7 Å². The number of amides is 1. The Hall–Kier alpha value is -1.92. The molecule has 1 N–H and O–H groups in total. The molecule has 4 aliphatic rings. The quantitative estimate of drug-likeness (QED) is 0.849. The van der Waals surface area contributed by atoms with Gasteiger partial charge in [0.2, 0.25) is 0 Å². The molecule has 1 aromatic rings. The summed E-state index contributed by atoms with van der Waals surface area (Å²) in [4.78, 5) is 25.9. The Labute approximate surface area is 146 Å². The Balaban J connectivity index is 1.26. The van der Waals surface area contributed by atoms with Crippen LogP contribution < -0.4 is 0 Å². The molecule has 0 aromatic heterocycles. The molecule has 0 radical (unpaired) electrons. The first-order valence-corrected chi connectivity index (χ1v) is 8.81. The normalized spacial score (nSPS) is 33.3. The van der Waals surface area contributed by atoms with E-state index in [0.717, 1.165) is 12.0 Å². The SMILES string of the molecule is O=C(O)C12COC(C(=O)N3CCC(COCc4ccccc4)C3)(C1)C2. The molecule has 1 atom stereocenters. The number of carbonyl (C=O) groups is 2. The Bertz CT molecular complexity index is 668. The molecule has 3 heterocycles. The molecule has 1 aliphatic carbocycles. The van der Waals surface area contributed by atoms with Crippen LogP contribution in [0.5, 0.6) is 0 Å². The number of carbonyl (C=O) groups excluding carboxylic acids is 1. The van der Waals surface area contributed by atoms with Crippen LogP contribution in [0.15, 0.2) is 30.3 Å². The number of carboxylic acid groups (broad SMARTS) is 1. The van der Waals surface area contributed by atoms with Gasteiger partial charge in [-0.1, -0.05) is 30.3 Å². The molecule has 5 rings (SSSR count). The van der Waals surface area contributed by atoms with E-state index in [2.05, 4.69) is 0 Å². The first-order valence-electron chi connectivity index (χ1n) is 8.81. The summed E-state index contributed by atoms with van der Waals surface area (Å²) >= 11 is 0. The van der Waals surface area contributed by atoms with E-state index in [1.165, 1.54) is 0 Å². The fraction of sp³-hybridized carbons (Fsp3) is 0.579. The van der Waals surface area contributed by atoms with Gasteiger partial charge in [-0.05, 0) is 12.0 Å². The van der Waals surface area contributed by atoms with Crippen molar-refractivity contribution in [3.63, 3.8) is 0 Å². The molecular weight excluding hydrogens is 322 g/mol. The minimum atomic E-state index is -0.877. The minimum absolute atomic E-state index is 0.0348. The number of carboxylic acids is 1. The summed E-state index contributed by atoms with van der Waals surface area (Å²) in [6, 6.07) is 10.0. The van der Waals surface area contributed by atoms with Crippen LogP contribution in [0.3, 0.4) is 0 Å². The molecule has 0 spiro atoms. The highest BCUT2D eigenvalue weighted by atomic mass is 16.5. The fourth-order valence-electron chi connectivity index (χ4n) is 4.31. The largest absolute Gasteiger partial charge is 0.481 e. The van der Waals surface area contributed by atoms with Gasteiger partial charge in [0.25, 0.3) is 5.91 Å². The molecule has 1 amide bonds. The van der Waals surface area contributed by atoms with Crippen LogP contribution in [0.25, 0.3) is 0 Å². The average Bonchev–Trinajstić information content (AvgIpc) is 3.29. The van der Waals surface area contributed by atoms with Crippen molar-refractivity contribution in [3.8, 4) is 0 Å². The van der Waals surface area contributed by atoms with Crippen LogP contribution in [0, 0.1) is 11.3 Å². The first-order chi connectivity index (χ1) is 12.0. The zero-order chi connectivity index (χ0) is 17.5. The van der Waals surface area contributed by atoms with Gasteiger partial charge in [0.05, 0.1) is 25.2 Å². The van der Waals surface area contributed by atoms with E-state index in [1.54, 1.807) is 0 Å². The van der Waals surface area contributed by atoms with Crippen molar-refractivity contribution in [1.82, 2.24) is 4.90 Å². The van der Waals surface area contributed by atoms with Crippen molar-refractivity contribution in [2.45, 2.75) is 31.5 Å². The third-order valence-electron chi connectivity index (χ3n) is 5.75. The topological polar surface area (TPSA) is 76.1 Å². The van der Waals surface area contributed by atoms with Crippen LogP contribution in [-0.4, -0.2) is 53.8 Å². The summed E-state index contributed by atoms with van der Waals surface area (Å²) in [6.07, 6.45) is 1.56. The van der Waals surface area contributed by atoms with E-state index in [-0.39, 0.29) is 12.5 Å². The maximum atomic E-state index is 12.8. The second kappa shape index (κ2) is 6.11. The predicted octanol–water partition coefficient (Wildman–Crippen LogP) is 1.69. The number of ether oxygens (including phenoxy) is 2. The Morgan fingerprint density at radius 1 is 1.28 bits per heavy atom. The van der Waals surface area contributed by atoms with E-state index in [4.69, 9.17) is 9.47 Å². The molecule has 4 fully saturated rings. The lowest BCUT2D eigenvalue weighted by molar-refractivity contribution is -0.163. The summed E-state index contributed by atoms with van der Waals surface area (Å²) in [5.41, 5.74) is -0.558. The monoisotopic (exact) mass is 345 g/mol. The van der Waals surface area contributed by atoms with Crippen LogP contribution in [0.2, 0.25) is 0 Å². The highest BCUT2D eigenvalue weighted by molar-refractivity contribution is 5.92. The van der Waals surface area contributed by atoms with Gasteiger partial charge >= 0.3 is 5.97 Å². The highest BCUT2D eigenvalue weighted by Crippen LogP contribution is 2.58. The van der Waals surface area contributed by atoms with Gasteiger partial charge in [0, 0.05) is 31.8 Å². The first kappa shape index (κ1) is 16.5. The highest BCUT2D eigenvalue weighted by Gasteiger charge is 2.70. The number of nitrogens with zero attached hydrogens (tertiary/aromatic N) is 1. The fourth-order valence-corrected chi connectivity index (χ4v) is 4.31. The number of rotatable bonds is 6. The van der Waals surface area contributed by atoms with Gasteiger partial charge in [-0.15, -0.1) is 0 Å². The van der Waals surface area contributed by atoms with Crippen molar-refractivity contribution < 1.29 is 24.2 Å². The maximum Gasteiger partial charge on any atom is 0.312 e. The number of aliphatic carboxylic acids is 1. The van der Waals surface area contributed by atoms with Gasteiger partial charge in [-0.25, -0.2) is 0 Å². The number of hydrogen-bond donors (Lipinski definition) is 1. The zero-order valence-corrected chi connectivity index (χ0v) is 14.1. The summed E-state index contributed by atoms with van der Waals surface area (Å²) in [5.74, 6) is -0.552. The summed E-state index contributed by atoms with van der Waals surface area (Å²) in [6.45, 7) is 2.73. The Kier molecular flexibility index (Phi) is 4.04. The van der Waals surface area contributed by atoms with Gasteiger partial charge in [-0.2, -0.15) is 0 Å². The number of fused-ring (bicyclic) bond motifs is 1. The van der Waals surface area contributed by atoms with Crippen LogP contribution in [-0.2, 0) is 25.7 Å². The zero-order valence-electron chi connectivity index (χ0n) is 14.1. The van der Waals surface area contributed by atoms with E-state index >= 15 is 0 Å². The molecule has 1 unspecified atom stereocenters. The van der Waals surface area contributed by atoms with E-state index < -0.39 is 17.0 Å².